The number of ether oxygens (including phenoxy) is 1. The van der Waals surface area contributed by atoms with Gasteiger partial charge in [-0.3, -0.25) is 9.59 Å². The molecular formula is C22H19FN4O3S. The monoisotopic (exact) mass is 438 g/mol. The van der Waals surface area contributed by atoms with Crippen molar-refractivity contribution in [1.82, 2.24) is 15.3 Å². The first-order valence-electron chi connectivity index (χ1n) is 9.50. The molecular weight excluding hydrogens is 419 g/mol. The molecule has 1 aliphatic rings. The van der Waals surface area contributed by atoms with E-state index in [-0.39, 0.29) is 17.5 Å². The number of nitrogens with zero attached hydrogens (tertiary/aromatic N) is 2. The van der Waals surface area contributed by atoms with Gasteiger partial charge >= 0.3 is 0 Å². The first kappa shape index (κ1) is 21.0. The van der Waals surface area contributed by atoms with E-state index in [1.54, 1.807) is 43.8 Å². The summed E-state index contributed by atoms with van der Waals surface area (Å²) < 4.78 is 18.8. The number of hydrogen-bond acceptors (Lipinski definition) is 6. The zero-order valence-corrected chi connectivity index (χ0v) is 17.4. The summed E-state index contributed by atoms with van der Waals surface area (Å²) in [6.45, 7) is 0.318. The molecule has 2 amide bonds. The number of rotatable bonds is 6. The predicted molar refractivity (Wildman–Crippen MR) is 114 cm³/mol. The van der Waals surface area contributed by atoms with Crippen molar-refractivity contribution >= 4 is 29.3 Å². The summed E-state index contributed by atoms with van der Waals surface area (Å²) >= 11 is 1.34. The average molecular weight is 438 g/mol. The molecule has 2 aromatic carbocycles. The zero-order chi connectivity index (χ0) is 21.8. The lowest BCUT2D eigenvalue weighted by molar-refractivity contribution is 0.0896. The summed E-state index contributed by atoms with van der Waals surface area (Å²) in [4.78, 5) is 34.8. The summed E-state index contributed by atoms with van der Waals surface area (Å²) in [5.74, 6) is -1.19. The number of amides is 2. The SMILES string of the molecule is COCC(Cc1cncnc1)NC(=O)c1ccc2c(c1)NC(=O)c1cc(F)ccc1S2. The lowest BCUT2D eigenvalue weighted by atomic mass is 10.1. The molecule has 2 N–H and O–H groups in total. The smallest absolute Gasteiger partial charge is 0.256 e. The second kappa shape index (κ2) is 9.23. The molecule has 1 atom stereocenters. The largest absolute Gasteiger partial charge is 0.383 e. The fourth-order valence-corrected chi connectivity index (χ4v) is 4.27. The highest BCUT2D eigenvalue weighted by molar-refractivity contribution is 7.99. The van der Waals surface area contributed by atoms with E-state index in [0.29, 0.717) is 29.2 Å². The van der Waals surface area contributed by atoms with Gasteiger partial charge in [-0.25, -0.2) is 14.4 Å². The third-order valence-electron chi connectivity index (χ3n) is 4.70. The van der Waals surface area contributed by atoms with Crippen LogP contribution in [0.25, 0.3) is 0 Å². The summed E-state index contributed by atoms with van der Waals surface area (Å²) in [6, 6.07) is 8.90. The molecule has 3 aromatic rings. The van der Waals surface area contributed by atoms with Gasteiger partial charge in [0.25, 0.3) is 11.8 Å². The van der Waals surface area contributed by atoms with Crippen LogP contribution >= 0.6 is 11.8 Å². The first-order valence-corrected chi connectivity index (χ1v) is 10.3. The molecule has 2 heterocycles. The number of methoxy groups -OCH3 is 1. The van der Waals surface area contributed by atoms with E-state index < -0.39 is 11.7 Å². The fraction of sp³-hybridized carbons (Fsp3) is 0.182. The minimum Gasteiger partial charge on any atom is -0.383 e. The third kappa shape index (κ3) is 4.89. The Hall–Kier alpha value is -3.30. The Kier molecular flexibility index (Phi) is 6.24. The number of aromatic nitrogens is 2. The van der Waals surface area contributed by atoms with E-state index in [9.17, 15) is 14.0 Å². The van der Waals surface area contributed by atoms with Crippen molar-refractivity contribution in [3.05, 3.63) is 77.6 Å². The van der Waals surface area contributed by atoms with Gasteiger partial charge in [0.15, 0.2) is 0 Å². The van der Waals surface area contributed by atoms with Gasteiger partial charge in [0.2, 0.25) is 0 Å². The minimum absolute atomic E-state index is 0.262. The standard InChI is InChI=1S/C22H19FN4O3S/c1-30-11-16(6-13-9-24-12-25-10-13)26-21(28)14-2-4-20-18(7-14)27-22(29)17-8-15(23)3-5-19(17)31-20/h2-5,7-10,12,16H,6,11H2,1H3,(H,26,28)(H,27,29). The molecule has 0 fully saturated rings. The second-order valence-electron chi connectivity index (χ2n) is 6.98. The minimum atomic E-state index is -0.478. The number of nitrogens with one attached hydrogen (secondary N) is 2. The summed E-state index contributed by atoms with van der Waals surface area (Å²) in [6.07, 6.45) is 5.34. The van der Waals surface area contributed by atoms with Gasteiger partial charge < -0.3 is 15.4 Å². The number of benzene rings is 2. The van der Waals surface area contributed by atoms with E-state index in [0.717, 1.165) is 10.5 Å². The Morgan fingerprint density at radius 3 is 2.74 bits per heavy atom. The molecule has 9 heteroatoms. The zero-order valence-electron chi connectivity index (χ0n) is 16.6. The Morgan fingerprint density at radius 1 is 1.19 bits per heavy atom. The van der Waals surface area contributed by atoms with Gasteiger partial charge in [-0.15, -0.1) is 0 Å². The maximum Gasteiger partial charge on any atom is 0.256 e. The van der Waals surface area contributed by atoms with Crippen LogP contribution in [0.2, 0.25) is 0 Å². The first-order chi connectivity index (χ1) is 15.0. The lowest BCUT2D eigenvalue weighted by Gasteiger charge is -2.18. The van der Waals surface area contributed by atoms with Crippen LogP contribution in [0.15, 0.2) is 64.9 Å². The number of hydrogen-bond donors (Lipinski definition) is 2. The molecule has 0 saturated heterocycles. The summed E-state index contributed by atoms with van der Waals surface area (Å²) in [5, 5.41) is 5.72. The van der Waals surface area contributed by atoms with Crippen LogP contribution in [0.3, 0.4) is 0 Å². The van der Waals surface area contributed by atoms with Gasteiger partial charge in [-0.05, 0) is 48.4 Å². The molecule has 31 heavy (non-hydrogen) atoms. The highest BCUT2D eigenvalue weighted by atomic mass is 32.2. The molecule has 1 aromatic heterocycles. The molecule has 1 unspecified atom stereocenters. The van der Waals surface area contributed by atoms with E-state index in [1.807, 2.05) is 0 Å². The second-order valence-corrected chi connectivity index (χ2v) is 8.07. The van der Waals surface area contributed by atoms with Crippen molar-refractivity contribution in [1.29, 1.82) is 0 Å². The Balaban J connectivity index is 1.53. The van der Waals surface area contributed by atoms with Crippen molar-refractivity contribution in [2.45, 2.75) is 22.3 Å². The molecule has 7 nitrogen and oxygen atoms in total. The van der Waals surface area contributed by atoms with Crippen molar-refractivity contribution in [2.75, 3.05) is 19.0 Å². The van der Waals surface area contributed by atoms with Crippen LogP contribution in [0.4, 0.5) is 10.1 Å². The van der Waals surface area contributed by atoms with Crippen LogP contribution in [-0.2, 0) is 11.2 Å². The van der Waals surface area contributed by atoms with Crippen LogP contribution < -0.4 is 10.6 Å². The maximum absolute atomic E-state index is 13.6. The molecule has 0 aliphatic carbocycles. The van der Waals surface area contributed by atoms with Gasteiger partial charge in [0.1, 0.15) is 12.1 Å². The van der Waals surface area contributed by atoms with E-state index in [1.165, 1.54) is 30.2 Å². The quantitative estimate of drug-likeness (QED) is 0.613. The van der Waals surface area contributed by atoms with E-state index in [4.69, 9.17) is 4.74 Å². The van der Waals surface area contributed by atoms with Gasteiger partial charge in [-0.1, -0.05) is 11.8 Å². The van der Waals surface area contributed by atoms with E-state index >= 15 is 0 Å². The molecule has 0 saturated carbocycles. The van der Waals surface area contributed by atoms with Crippen LogP contribution in [-0.4, -0.2) is 41.5 Å². The summed E-state index contributed by atoms with van der Waals surface area (Å²) in [7, 11) is 1.57. The fourth-order valence-electron chi connectivity index (χ4n) is 3.28. The maximum atomic E-state index is 13.6. The highest BCUT2D eigenvalue weighted by Gasteiger charge is 2.22. The number of fused-ring (bicyclic) bond motifs is 2. The number of halogens is 1. The van der Waals surface area contributed by atoms with E-state index in [2.05, 4.69) is 20.6 Å². The topological polar surface area (TPSA) is 93.2 Å². The average Bonchev–Trinajstić information content (AvgIpc) is 2.90. The molecule has 1 aliphatic heterocycles. The van der Waals surface area contributed by atoms with Crippen molar-refractivity contribution in [3.8, 4) is 0 Å². The van der Waals surface area contributed by atoms with Crippen molar-refractivity contribution in [2.24, 2.45) is 0 Å². The third-order valence-corrected chi connectivity index (χ3v) is 5.85. The highest BCUT2D eigenvalue weighted by Crippen LogP contribution is 2.39. The number of anilines is 1. The lowest BCUT2D eigenvalue weighted by Crippen LogP contribution is -2.39. The Bertz CT molecular complexity index is 1130. The predicted octanol–water partition coefficient (Wildman–Crippen LogP) is 3.32. The van der Waals surface area contributed by atoms with Gasteiger partial charge in [0, 0.05) is 34.9 Å². The Morgan fingerprint density at radius 2 is 1.97 bits per heavy atom. The van der Waals surface area contributed by atoms with Gasteiger partial charge in [-0.2, -0.15) is 0 Å². The van der Waals surface area contributed by atoms with Gasteiger partial charge in [0.05, 0.1) is 23.9 Å². The number of carbonyl (C=O) groups excluding carboxylic acids is 2. The van der Waals surface area contributed by atoms with Crippen molar-refractivity contribution < 1.29 is 18.7 Å². The van der Waals surface area contributed by atoms with Crippen molar-refractivity contribution in [3.63, 3.8) is 0 Å². The molecule has 4 rings (SSSR count). The van der Waals surface area contributed by atoms with Crippen LogP contribution in [0.1, 0.15) is 26.3 Å². The van der Waals surface area contributed by atoms with Crippen LogP contribution in [0, 0.1) is 5.82 Å². The molecule has 0 bridgehead atoms. The number of carbonyl (C=O) groups is 2. The molecule has 158 valence electrons. The molecule has 0 radical (unpaired) electrons. The normalized spacial score (nSPS) is 13.4. The Labute approximate surface area is 182 Å². The molecule has 0 spiro atoms. The summed E-state index contributed by atoms with van der Waals surface area (Å²) in [5.41, 5.74) is 2.03. The van der Waals surface area contributed by atoms with Crippen LogP contribution in [0.5, 0.6) is 0 Å².